The smallest absolute Gasteiger partial charge is 0.433 e. The van der Waals surface area contributed by atoms with Crippen LogP contribution in [0.4, 0.5) is 11.0 Å². The molecule has 136 valence electrons. The third-order valence-electron chi connectivity index (χ3n) is 3.96. The molecule has 27 heavy (non-hydrogen) atoms. The SMILES string of the molecule is Cc1cccc2sc(N(Cc3ccco3)C(=O)c3ccc([N+](=O)[O-])o3)nc12. The average molecular weight is 383 g/mol. The summed E-state index contributed by atoms with van der Waals surface area (Å²) >= 11 is 1.35. The molecule has 0 N–H and O–H groups in total. The Labute approximate surface area is 156 Å². The van der Waals surface area contributed by atoms with E-state index in [0.717, 1.165) is 21.8 Å². The number of rotatable bonds is 5. The minimum absolute atomic E-state index is 0.124. The van der Waals surface area contributed by atoms with Crippen LogP contribution in [0.1, 0.15) is 21.9 Å². The van der Waals surface area contributed by atoms with Crippen molar-refractivity contribution < 1.29 is 18.6 Å². The molecule has 0 spiro atoms. The van der Waals surface area contributed by atoms with Gasteiger partial charge in [0, 0.05) is 0 Å². The standard InChI is InChI=1S/C18H13N3O5S/c1-11-4-2-6-14-16(11)19-18(27-14)20(10-12-5-3-9-25-12)17(22)13-7-8-15(26-13)21(23)24/h2-9H,10H2,1H3. The first-order valence-electron chi connectivity index (χ1n) is 7.97. The summed E-state index contributed by atoms with van der Waals surface area (Å²) in [6, 6.07) is 11.7. The fourth-order valence-corrected chi connectivity index (χ4v) is 3.69. The zero-order chi connectivity index (χ0) is 19.0. The van der Waals surface area contributed by atoms with Gasteiger partial charge in [-0.2, -0.15) is 0 Å². The molecule has 1 aromatic carbocycles. The molecule has 1 amide bonds. The maximum atomic E-state index is 13.0. The van der Waals surface area contributed by atoms with E-state index in [1.54, 1.807) is 12.1 Å². The minimum Gasteiger partial charge on any atom is -0.467 e. The third kappa shape index (κ3) is 3.20. The number of carbonyl (C=O) groups excluding carboxylic acids is 1. The van der Waals surface area contributed by atoms with Crippen LogP contribution in [0.25, 0.3) is 10.2 Å². The van der Waals surface area contributed by atoms with Gasteiger partial charge in [-0.1, -0.05) is 23.5 Å². The summed E-state index contributed by atoms with van der Waals surface area (Å²) in [7, 11) is 0. The zero-order valence-corrected chi connectivity index (χ0v) is 14.9. The maximum absolute atomic E-state index is 13.0. The van der Waals surface area contributed by atoms with Crippen molar-refractivity contribution in [2.45, 2.75) is 13.5 Å². The van der Waals surface area contributed by atoms with E-state index in [0.29, 0.717) is 10.9 Å². The second-order valence-electron chi connectivity index (χ2n) is 5.78. The van der Waals surface area contributed by atoms with E-state index in [2.05, 4.69) is 4.98 Å². The van der Waals surface area contributed by atoms with Gasteiger partial charge in [0.2, 0.25) is 0 Å². The van der Waals surface area contributed by atoms with Gasteiger partial charge >= 0.3 is 5.88 Å². The number of amides is 1. The van der Waals surface area contributed by atoms with E-state index >= 15 is 0 Å². The number of aryl methyl sites for hydroxylation is 1. The predicted molar refractivity (Wildman–Crippen MR) is 98.9 cm³/mol. The van der Waals surface area contributed by atoms with E-state index in [1.165, 1.54) is 28.6 Å². The molecule has 0 fully saturated rings. The number of para-hydroxylation sites is 1. The fourth-order valence-electron chi connectivity index (χ4n) is 2.65. The van der Waals surface area contributed by atoms with Gasteiger partial charge in [0.05, 0.1) is 29.1 Å². The van der Waals surface area contributed by atoms with Crippen molar-refractivity contribution in [2.75, 3.05) is 4.90 Å². The van der Waals surface area contributed by atoms with Crippen LogP contribution in [0.3, 0.4) is 0 Å². The molecular formula is C18H13N3O5S. The Morgan fingerprint density at radius 1 is 1.26 bits per heavy atom. The second-order valence-corrected chi connectivity index (χ2v) is 6.79. The molecule has 0 bridgehead atoms. The van der Waals surface area contributed by atoms with Crippen molar-refractivity contribution in [1.82, 2.24) is 4.98 Å². The topological polar surface area (TPSA) is 103 Å². The van der Waals surface area contributed by atoms with Crippen molar-refractivity contribution in [1.29, 1.82) is 0 Å². The van der Waals surface area contributed by atoms with Crippen LogP contribution >= 0.6 is 11.3 Å². The minimum atomic E-state index is -0.686. The Morgan fingerprint density at radius 3 is 2.78 bits per heavy atom. The molecule has 4 aromatic rings. The first-order valence-corrected chi connectivity index (χ1v) is 8.79. The summed E-state index contributed by atoms with van der Waals surface area (Å²) in [5.74, 6) is -0.600. The van der Waals surface area contributed by atoms with Crippen molar-refractivity contribution >= 4 is 38.5 Å². The zero-order valence-electron chi connectivity index (χ0n) is 14.1. The number of anilines is 1. The van der Waals surface area contributed by atoms with Crippen LogP contribution < -0.4 is 4.90 Å². The summed E-state index contributed by atoms with van der Waals surface area (Å²) in [6.45, 7) is 2.07. The molecular weight excluding hydrogens is 370 g/mol. The normalized spacial score (nSPS) is 11.0. The molecule has 0 saturated heterocycles. The molecule has 0 atom stereocenters. The van der Waals surface area contributed by atoms with Crippen molar-refractivity contribution in [3.8, 4) is 0 Å². The van der Waals surface area contributed by atoms with Gasteiger partial charge in [0.1, 0.15) is 10.7 Å². The van der Waals surface area contributed by atoms with Crippen LogP contribution in [0.2, 0.25) is 0 Å². The number of nitrogens with zero attached hydrogens (tertiary/aromatic N) is 3. The first-order chi connectivity index (χ1) is 13.0. The lowest BCUT2D eigenvalue weighted by atomic mass is 10.2. The van der Waals surface area contributed by atoms with Gasteiger partial charge in [0.15, 0.2) is 10.9 Å². The van der Waals surface area contributed by atoms with Crippen molar-refractivity contribution in [3.63, 3.8) is 0 Å². The molecule has 9 heteroatoms. The highest BCUT2D eigenvalue weighted by molar-refractivity contribution is 7.22. The van der Waals surface area contributed by atoms with E-state index in [-0.39, 0.29) is 12.3 Å². The Hall–Kier alpha value is -3.46. The van der Waals surface area contributed by atoms with Gasteiger partial charge in [-0.3, -0.25) is 19.8 Å². The molecule has 3 heterocycles. The predicted octanol–water partition coefficient (Wildman–Crippen LogP) is 4.55. The first kappa shape index (κ1) is 17.0. The van der Waals surface area contributed by atoms with Crippen LogP contribution in [-0.4, -0.2) is 15.8 Å². The van der Waals surface area contributed by atoms with Gasteiger partial charge in [-0.25, -0.2) is 4.98 Å². The van der Waals surface area contributed by atoms with E-state index in [9.17, 15) is 14.9 Å². The fraction of sp³-hybridized carbons (Fsp3) is 0.111. The summed E-state index contributed by atoms with van der Waals surface area (Å²) in [5.41, 5.74) is 1.80. The molecule has 0 aliphatic rings. The lowest BCUT2D eigenvalue weighted by Crippen LogP contribution is -2.29. The molecule has 0 unspecified atom stereocenters. The number of hydrogen-bond donors (Lipinski definition) is 0. The van der Waals surface area contributed by atoms with E-state index < -0.39 is 16.7 Å². The number of carbonyl (C=O) groups is 1. The number of aromatic nitrogens is 1. The average Bonchev–Trinajstić information content (AvgIpc) is 3.38. The number of benzene rings is 1. The summed E-state index contributed by atoms with van der Waals surface area (Å²) in [5, 5.41) is 11.3. The third-order valence-corrected chi connectivity index (χ3v) is 5.01. The van der Waals surface area contributed by atoms with Crippen LogP contribution in [0, 0.1) is 17.0 Å². The van der Waals surface area contributed by atoms with Crippen molar-refractivity contribution in [2.24, 2.45) is 0 Å². The second kappa shape index (κ2) is 6.69. The number of hydrogen-bond acceptors (Lipinski definition) is 7. The monoisotopic (exact) mass is 383 g/mol. The highest BCUT2D eigenvalue weighted by Gasteiger charge is 2.27. The highest BCUT2D eigenvalue weighted by Crippen LogP contribution is 2.32. The van der Waals surface area contributed by atoms with Gasteiger partial charge < -0.3 is 8.83 Å². The van der Waals surface area contributed by atoms with Crippen LogP contribution in [0.15, 0.2) is 57.6 Å². The summed E-state index contributed by atoms with van der Waals surface area (Å²) < 4.78 is 11.4. The van der Waals surface area contributed by atoms with E-state index in [1.807, 2.05) is 25.1 Å². The quantitative estimate of drug-likeness (QED) is 0.370. The molecule has 0 radical (unpaired) electrons. The molecule has 8 nitrogen and oxygen atoms in total. The Bertz CT molecular complexity index is 1130. The number of furan rings is 2. The maximum Gasteiger partial charge on any atom is 0.433 e. The molecule has 0 saturated carbocycles. The van der Waals surface area contributed by atoms with Crippen molar-refractivity contribution in [3.05, 3.63) is 75.9 Å². The largest absolute Gasteiger partial charge is 0.467 e. The Kier molecular flexibility index (Phi) is 4.21. The molecule has 3 aromatic heterocycles. The number of thiazole rings is 1. The number of nitro groups is 1. The molecule has 0 aliphatic heterocycles. The molecule has 0 aliphatic carbocycles. The van der Waals surface area contributed by atoms with Crippen LogP contribution in [0.5, 0.6) is 0 Å². The highest BCUT2D eigenvalue weighted by atomic mass is 32.1. The Balaban J connectivity index is 1.76. The Morgan fingerprint density at radius 2 is 2.11 bits per heavy atom. The van der Waals surface area contributed by atoms with Gasteiger partial charge in [0.25, 0.3) is 5.91 Å². The van der Waals surface area contributed by atoms with Gasteiger partial charge in [-0.15, -0.1) is 0 Å². The lowest BCUT2D eigenvalue weighted by Gasteiger charge is -2.17. The number of fused-ring (bicyclic) bond motifs is 1. The lowest BCUT2D eigenvalue weighted by molar-refractivity contribution is -0.402. The van der Waals surface area contributed by atoms with Gasteiger partial charge in [-0.05, 0) is 36.8 Å². The van der Waals surface area contributed by atoms with E-state index in [4.69, 9.17) is 8.83 Å². The van der Waals surface area contributed by atoms with Crippen LogP contribution in [-0.2, 0) is 6.54 Å². The molecule has 4 rings (SSSR count). The summed E-state index contributed by atoms with van der Waals surface area (Å²) in [4.78, 5) is 29.1. The summed E-state index contributed by atoms with van der Waals surface area (Å²) in [6.07, 6.45) is 1.51.